The van der Waals surface area contributed by atoms with Gasteiger partial charge in [-0.2, -0.15) is 0 Å². The lowest BCUT2D eigenvalue weighted by atomic mass is 9.95. The predicted octanol–water partition coefficient (Wildman–Crippen LogP) is 4.32. The van der Waals surface area contributed by atoms with Crippen molar-refractivity contribution in [1.29, 1.82) is 0 Å². The lowest BCUT2D eigenvalue weighted by molar-refractivity contribution is -0.288. The second kappa shape index (κ2) is 19.6. The van der Waals surface area contributed by atoms with Crippen molar-refractivity contribution in [3.63, 3.8) is 0 Å². The van der Waals surface area contributed by atoms with E-state index >= 15 is 0 Å². The van der Waals surface area contributed by atoms with Gasteiger partial charge in [0, 0.05) is 59.8 Å². The third kappa shape index (κ3) is 12.0. The summed E-state index contributed by atoms with van der Waals surface area (Å²) in [6.45, 7) is 6.19. The maximum absolute atomic E-state index is 13.6. The molecule has 6 atom stereocenters. The van der Waals surface area contributed by atoms with E-state index in [1.165, 1.54) is 56.3 Å². The summed E-state index contributed by atoms with van der Waals surface area (Å²) in [5, 5.41) is 0. The van der Waals surface area contributed by atoms with E-state index < -0.39 is 91.0 Å². The van der Waals surface area contributed by atoms with Gasteiger partial charge in [-0.25, -0.2) is 4.79 Å². The van der Waals surface area contributed by atoms with Crippen LogP contribution in [0.1, 0.15) is 75.6 Å². The van der Waals surface area contributed by atoms with Crippen LogP contribution in [-0.4, -0.2) is 84.9 Å². The average Bonchev–Trinajstić information content (AvgIpc) is 3.15. The van der Waals surface area contributed by atoms with Crippen LogP contribution < -0.4 is 23.7 Å². The van der Waals surface area contributed by atoms with Crippen molar-refractivity contribution < 1.29 is 85.7 Å². The number of esters is 7. The van der Waals surface area contributed by atoms with E-state index in [0.29, 0.717) is 16.9 Å². The molecule has 0 amide bonds. The van der Waals surface area contributed by atoms with Crippen molar-refractivity contribution in [1.82, 2.24) is 0 Å². The summed E-state index contributed by atoms with van der Waals surface area (Å²) in [6.07, 6.45) is -6.35. The Kier molecular flexibility index (Phi) is 14.4. The zero-order chi connectivity index (χ0) is 43.7. The Morgan fingerprint density at radius 1 is 0.650 bits per heavy atom. The Balaban J connectivity index is 1.46. The van der Waals surface area contributed by atoms with Gasteiger partial charge in [0.2, 0.25) is 12.4 Å². The smallest absolute Gasteiger partial charge is 0.330 e. The summed E-state index contributed by atoms with van der Waals surface area (Å²) < 4.78 is 56.0. The van der Waals surface area contributed by atoms with Crippen molar-refractivity contribution in [2.75, 3.05) is 6.61 Å². The highest BCUT2D eigenvalue weighted by molar-refractivity contribution is 6.03. The molecule has 2 heterocycles. The minimum absolute atomic E-state index is 0.0680. The van der Waals surface area contributed by atoms with Gasteiger partial charge in [-0.15, -0.1) is 0 Å². The molecule has 1 saturated heterocycles. The standard InChI is InChI=1S/C42H40O18/c1-21(43)52-29-12-7-27(8-13-29)9-16-37(50)51-20-36-39(55-24(4)46)40(56-25(5)47)41(57-26(6)48)42(60-36)58-31-17-34(54-23(3)45)38-32(49)19-33(59-35(38)18-31)28-10-14-30(15-11-28)53-22(2)44/h7-18,33,36,39-42H,19-20H2,1-6H3/b16-9+/t33-,36-,39+,40-,41-,42+/m0/s1. The average molecular weight is 833 g/mol. The number of rotatable bonds is 13. The summed E-state index contributed by atoms with van der Waals surface area (Å²) in [5.41, 5.74) is 1.02. The van der Waals surface area contributed by atoms with E-state index in [1.807, 2.05) is 0 Å². The fourth-order valence-electron chi connectivity index (χ4n) is 6.21. The summed E-state index contributed by atoms with van der Waals surface area (Å²) in [4.78, 5) is 98.5. The Labute approximate surface area is 342 Å². The highest BCUT2D eigenvalue weighted by atomic mass is 16.7. The number of hydrogen-bond acceptors (Lipinski definition) is 18. The van der Waals surface area contributed by atoms with E-state index in [0.717, 1.165) is 33.8 Å². The third-order valence-electron chi connectivity index (χ3n) is 8.42. The fraction of sp³-hybridized carbons (Fsp3) is 0.333. The molecule has 316 valence electrons. The number of fused-ring (bicyclic) bond motifs is 1. The first kappa shape index (κ1) is 44.0. The molecule has 18 heteroatoms. The van der Waals surface area contributed by atoms with Gasteiger partial charge >= 0.3 is 41.8 Å². The number of carbonyl (C=O) groups excluding carboxylic acids is 8. The van der Waals surface area contributed by atoms with Crippen LogP contribution >= 0.6 is 0 Å². The normalized spacial score (nSPS) is 20.7. The third-order valence-corrected chi connectivity index (χ3v) is 8.42. The molecule has 3 aromatic rings. The number of ketones is 1. The molecule has 18 nitrogen and oxygen atoms in total. The monoisotopic (exact) mass is 832 g/mol. The molecule has 0 radical (unpaired) electrons. The van der Waals surface area contributed by atoms with Crippen molar-refractivity contribution in [3.8, 4) is 28.7 Å². The van der Waals surface area contributed by atoms with Gasteiger partial charge in [-0.1, -0.05) is 24.3 Å². The fourth-order valence-corrected chi connectivity index (χ4v) is 6.21. The zero-order valence-electron chi connectivity index (χ0n) is 33.2. The van der Waals surface area contributed by atoms with Crippen LogP contribution in [0, 0.1) is 0 Å². The first-order valence-corrected chi connectivity index (χ1v) is 18.3. The Hall–Kier alpha value is -7.08. The number of carbonyl (C=O) groups is 8. The molecule has 2 aliphatic rings. The van der Waals surface area contributed by atoms with Gasteiger partial charge in [-0.3, -0.25) is 33.6 Å². The molecule has 0 aliphatic carbocycles. The van der Waals surface area contributed by atoms with Gasteiger partial charge in [-0.05, 0) is 41.5 Å². The SMILES string of the molecule is CC(=O)Oc1ccc(/C=C/C(=O)OC[C@@H]2O[C@@H](Oc3cc(OC(C)=O)c4c(c3)O[C@H](c3ccc(OC(C)=O)cc3)CC4=O)[C@@H](OC(C)=O)[C@@H](OC(C)=O)[C@@H]2OC(C)=O)cc1. The molecular formula is C42H40O18. The summed E-state index contributed by atoms with van der Waals surface area (Å²) in [6, 6.07) is 15.0. The van der Waals surface area contributed by atoms with E-state index in [-0.39, 0.29) is 35.0 Å². The van der Waals surface area contributed by atoms with Crippen LogP contribution in [0.15, 0.2) is 66.7 Å². The highest BCUT2D eigenvalue weighted by Crippen LogP contribution is 2.44. The molecule has 2 aliphatic heterocycles. The van der Waals surface area contributed by atoms with Gasteiger partial charge < -0.3 is 47.4 Å². The van der Waals surface area contributed by atoms with Crippen LogP contribution in [0.5, 0.6) is 28.7 Å². The minimum Gasteiger partial charge on any atom is -0.484 e. The largest absolute Gasteiger partial charge is 0.484 e. The molecule has 1 fully saturated rings. The van der Waals surface area contributed by atoms with Crippen molar-refractivity contribution in [3.05, 3.63) is 83.4 Å². The molecular weight excluding hydrogens is 792 g/mol. The first-order valence-electron chi connectivity index (χ1n) is 18.3. The highest BCUT2D eigenvalue weighted by Gasteiger charge is 2.53. The van der Waals surface area contributed by atoms with Crippen LogP contribution in [0.2, 0.25) is 0 Å². The second-order valence-electron chi connectivity index (χ2n) is 13.3. The van der Waals surface area contributed by atoms with Crippen LogP contribution in [0.4, 0.5) is 0 Å². The van der Waals surface area contributed by atoms with Crippen LogP contribution in [-0.2, 0) is 57.2 Å². The molecule has 0 bridgehead atoms. The maximum atomic E-state index is 13.6. The molecule has 5 rings (SSSR count). The van der Waals surface area contributed by atoms with Gasteiger partial charge in [0.05, 0.1) is 6.42 Å². The lowest BCUT2D eigenvalue weighted by Crippen LogP contribution is -2.63. The van der Waals surface area contributed by atoms with E-state index in [4.69, 9.17) is 47.4 Å². The minimum atomic E-state index is -1.70. The van der Waals surface area contributed by atoms with Crippen LogP contribution in [0.3, 0.4) is 0 Å². The number of Topliss-reactive ketones (excluding diaryl/α,β-unsaturated/α-hetero) is 1. The molecule has 3 aromatic carbocycles. The molecule has 0 saturated carbocycles. The Bertz CT molecular complexity index is 2170. The summed E-state index contributed by atoms with van der Waals surface area (Å²) in [7, 11) is 0. The molecule has 0 aromatic heterocycles. The van der Waals surface area contributed by atoms with E-state index in [9.17, 15) is 38.4 Å². The first-order chi connectivity index (χ1) is 28.4. The lowest BCUT2D eigenvalue weighted by Gasteiger charge is -2.44. The Morgan fingerprint density at radius 3 is 1.77 bits per heavy atom. The number of benzene rings is 3. The molecule has 0 spiro atoms. The van der Waals surface area contributed by atoms with E-state index in [2.05, 4.69) is 0 Å². The van der Waals surface area contributed by atoms with Crippen molar-refractivity contribution in [2.24, 2.45) is 0 Å². The van der Waals surface area contributed by atoms with Crippen molar-refractivity contribution in [2.45, 2.75) is 84.8 Å². The summed E-state index contributed by atoms with van der Waals surface area (Å²) >= 11 is 0. The molecule has 0 N–H and O–H groups in total. The van der Waals surface area contributed by atoms with Gasteiger partial charge in [0.25, 0.3) is 0 Å². The quantitative estimate of drug-likeness (QED) is 0.101. The molecule has 60 heavy (non-hydrogen) atoms. The van der Waals surface area contributed by atoms with Gasteiger partial charge in [0.1, 0.15) is 53.1 Å². The summed E-state index contributed by atoms with van der Waals surface area (Å²) in [5.74, 6) is -5.63. The van der Waals surface area contributed by atoms with Crippen molar-refractivity contribution >= 4 is 53.6 Å². The maximum Gasteiger partial charge on any atom is 0.330 e. The van der Waals surface area contributed by atoms with Gasteiger partial charge in [0.15, 0.2) is 18.0 Å². The topological polar surface area (TPSA) is 229 Å². The number of ether oxygens (including phenoxy) is 10. The second-order valence-corrected chi connectivity index (χ2v) is 13.3. The Morgan fingerprint density at radius 2 is 1.20 bits per heavy atom. The zero-order valence-corrected chi connectivity index (χ0v) is 33.2. The molecule has 0 unspecified atom stereocenters. The van der Waals surface area contributed by atoms with E-state index in [1.54, 1.807) is 24.3 Å². The predicted molar refractivity (Wildman–Crippen MR) is 202 cm³/mol. The number of hydrogen-bond donors (Lipinski definition) is 0. The van der Waals surface area contributed by atoms with Crippen LogP contribution in [0.25, 0.3) is 6.08 Å².